The average molecular weight is 324 g/mol. The maximum absolute atomic E-state index is 5.87. The first-order valence-electron chi connectivity index (χ1n) is 3.76. The molecule has 0 heterocycles. The van der Waals surface area contributed by atoms with Crippen molar-refractivity contribution < 1.29 is 0 Å². The van der Waals surface area contributed by atoms with Crippen LogP contribution >= 0.6 is 34.2 Å². The molecule has 0 amide bonds. The van der Waals surface area contributed by atoms with Crippen LogP contribution in [0, 0.1) is 0 Å². The zero-order valence-corrected chi connectivity index (χ0v) is 11.0. The van der Waals surface area contributed by atoms with E-state index in [0.717, 1.165) is 0 Å². The second-order valence-corrected chi connectivity index (χ2v) is 3.79. The lowest BCUT2D eigenvalue weighted by Gasteiger charge is -2.03. The van der Waals surface area contributed by atoms with E-state index in [1.54, 1.807) is 13.1 Å². The predicted octanol–water partition coefficient (Wildman–Crippen LogP) is 3.21. The SMILES string of the molecule is C=N/C(=C/C)C(=NC(=C)I)C(Cl)=NC. The molecular formula is C9H11ClIN3. The fourth-order valence-electron chi connectivity index (χ4n) is 0.739. The number of allylic oxidation sites excluding steroid dienone is 2. The summed E-state index contributed by atoms with van der Waals surface area (Å²) in [5.74, 6) is 0. The summed E-state index contributed by atoms with van der Waals surface area (Å²) in [7, 11) is 1.59. The number of hydrogen-bond acceptors (Lipinski definition) is 3. The predicted molar refractivity (Wildman–Crippen MR) is 73.1 cm³/mol. The van der Waals surface area contributed by atoms with Gasteiger partial charge in [-0.2, -0.15) is 0 Å². The molecule has 0 N–H and O–H groups in total. The highest BCUT2D eigenvalue weighted by Crippen LogP contribution is 2.11. The Bertz CT molecular complexity index is 329. The summed E-state index contributed by atoms with van der Waals surface area (Å²) >= 11 is 7.86. The Labute approximate surface area is 103 Å². The standard InChI is InChI=1S/C9H11ClIN3/c1-5-7(12-3)8(9(10)13-4)14-6(2)11/h5H,2-3H2,1,4H3/b7-5+,13-9?,14-8?. The van der Waals surface area contributed by atoms with Gasteiger partial charge < -0.3 is 0 Å². The molecule has 0 radical (unpaired) electrons. The highest BCUT2D eigenvalue weighted by molar-refractivity contribution is 14.1. The van der Waals surface area contributed by atoms with E-state index in [4.69, 9.17) is 11.6 Å². The normalized spacial score (nSPS) is 14.1. The molecule has 0 spiro atoms. The van der Waals surface area contributed by atoms with Gasteiger partial charge in [-0.25, -0.2) is 4.99 Å². The summed E-state index contributed by atoms with van der Waals surface area (Å²) in [4.78, 5) is 11.8. The molecule has 0 saturated carbocycles. The summed E-state index contributed by atoms with van der Waals surface area (Å²) in [6.07, 6.45) is 1.76. The lowest BCUT2D eigenvalue weighted by Crippen LogP contribution is -2.10. The van der Waals surface area contributed by atoms with Crippen molar-refractivity contribution in [1.82, 2.24) is 0 Å². The van der Waals surface area contributed by atoms with Crippen LogP contribution in [-0.2, 0) is 0 Å². The minimum absolute atomic E-state index is 0.295. The van der Waals surface area contributed by atoms with Crippen molar-refractivity contribution in [1.29, 1.82) is 0 Å². The first kappa shape index (κ1) is 13.5. The number of rotatable bonds is 4. The fraction of sp³-hybridized carbons (Fsp3) is 0.222. The van der Waals surface area contributed by atoms with E-state index in [-0.39, 0.29) is 0 Å². The second-order valence-electron chi connectivity index (χ2n) is 2.18. The highest BCUT2D eigenvalue weighted by atomic mass is 127. The quantitative estimate of drug-likeness (QED) is 0.433. The van der Waals surface area contributed by atoms with Crippen molar-refractivity contribution in [2.45, 2.75) is 6.92 Å². The van der Waals surface area contributed by atoms with Crippen molar-refractivity contribution in [2.75, 3.05) is 7.05 Å². The van der Waals surface area contributed by atoms with Crippen LogP contribution in [0.1, 0.15) is 6.92 Å². The van der Waals surface area contributed by atoms with E-state index in [1.165, 1.54) is 0 Å². The van der Waals surface area contributed by atoms with E-state index in [1.807, 2.05) is 29.5 Å². The molecule has 0 aromatic rings. The Morgan fingerprint density at radius 1 is 1.50 bits per heavy atom. The molecule has 0 aromatic carbocycles. The second kappa shape index (κ2) is 6.89. The minimum atomic E-state index is 0.295. The summed E-state index contributed by atoms with van der Waals surface area (Å²) in [5, 5.41) is 0.295. The van der Waals surface area contributed by atoms with Gasteiger partial charge in [-0.1, -0.05) is 24.3 Å². The molecule has 3 nitrogen and oxygen atoms in total. The Morgan fingerprint density at radius 2 is 2.07 bits per heavy atom. The van der Waals surface area contributed by atoms with Gasteiger partial charge in [-0.05, 0) is 36.2 Å². The molecule has 0 bridgehead atoms. The van der Waals surface area contributed by atoms with E-state index < -0.39 is 0 Å². The molecule has 0 rings (SSSR count). The van der Waals surface area contributed by atoms with Crippen LogP contribution in [-0.4, -0.2) is 24.6 Å². The minimum Gasteiger partial charge on any atom is -0.275 e. The first-order chi connectivity index (χ1) is 6.56. The first-order valence-corrected chi connectivity index (χ1v) is 5.21. The van der Waals surface area contributed by atoms with Crippen LogP contribution in [0.3, 0.4) is 0 Å². The maximum Gasteiger partial charge on any atom is 0.151 e. The van der Waals surface area contributed by atoms with Crippen molar-refractivity contribution in [3.63, 3.8) is 0 Å². The van der Waals surface area contributed by atoms with Crippen molar-refractivity contribution in [2.24, 2.45) is 15.0 Å². The molecule has 14 heavy (non-hydrogen) atoms. The van der Waals surface area contributed by atoms with Crippen LogP contribution < -0.4 is 0 Å². The van der Waals surface area contributed by atoms with E-state index >= 15 is 0 Å². The largest absolute Gasteiger partial charge is 0.275 e. The molecule has 0 aromatic heterocycles. The molecule has 0 unspecified atom stereocenters. The highest BCUT2D eigenvalue weighted by Gasteiger charge is 2.10. The zero-order chi connectivity index (χ0) is 11.1. The molecular weight excluding hydrogens is 312 g/mol. The number of halogens is 2. The van der Waals surface area contributed by atoms with Gasteiger partial charge in [0.1, 0.15) is 5.71 Å². The molecule has 0 aliphatic rings. The van der Waals surface area contributed by atoms with E-state index in [2.05, 4.69) is 28.3 Å². The van der Waals surface area contributed by atoms with Gasteiger partial charge >= 0.3 is 0 Å². The third-order valence-electron chi connectivity index (χ3n) is 1.31. The smallest absolute Gasteiger partial charge is 0.151 e. The molecule has 0 saturated heterocycles. The topological polar surface area (TPSA) is 37.1 Å². The van der Waals surface area contributed by atoms with Gasteiger partial charge in [-0.15, -0.1) is 0 Å². The van der Waals surface area contributed by atoms with Crippen LogP contribution in [0.4, 0.5) is 0 Å². The maximum atomic E-state index is 5.87. The summed E-state index contributed by atoms with van der Waals surface area (Å²) in [6.45, 7) is 8.92. The molecule has 5 heteroatoms. The van der Waals surface area contributed by atoms with Crippen LogP contribution in [0.2, 0.25) is 0 Å². The lowest BCUT2D eigenvalue weighted by atomic mass is 10.3. The van der Waals surface area contributed by atoms with Crippen LogP contribution in [0.15, 0.2) is 37.0 Å². The summed E-state index contributed by atoms with van der Waals surface area (Å²) in [6, 6.07) is 0. The molecule has 0 aliphatic carbocycles. The average Bonchev–Trinajstić information content (AvgIpc) is 2.16. The molecule has 0 aliphatic heterocycles. The Morgan fingerprint density at radius 3 is 2.36 bits per heavy atom. The monoisotopic (exact) mass is 323 g/mol. The number of hydrogen-bond donors (Lipinski definition) is 0. The number of nitrogens with zero attached hydrogens (tertiary/aromatic N) is 3. The van der Waals surface area contributed by atoms with Crippen LogP contribution in [0.5, 0.6) is 0 Å². The third-order valence-corrected chi connectivity index (χ3v) is 1.90. The zero-order valence-electron chi connectivity index (χ0n) is 8.09. The van der Waals surface area contributed by atoms with Gasteiger partial charge in [0.05, 0.1) is 9.40 Å². The van der Waals surface area contributed by atoms with Crippen molar-refractivity contribution in [3.8, 4) is 0 Å². The van der Waals surface area contributed by atoms with Crippen molar-refractivity contribution in [3.05, 3.63) is 22.1 Å². The van der Waals surface area contributed by atoms with E-state index in [9.17, 15) is 0 Å². The van der Waals surface area contributed by atoms with Crippen LogP contribution in [0.25, 0.3) is 0 Å². The number of aliphatic imine (C=N–C) groups is 3. The van der Waals surface area contributed by atoms with Gasteiger partial charge in [0.25, 0.3) is 0 Å². The summed E-state index contributed by atoms with van der Waals surface area (Å²) in [5.41, 5.74) is 1.09. The van der Waals surface area contributed by atoms with Gasteiger partial charge in [0, 0.05) is 7.05 Å². The summed E-state index contributed by atoms with van der Waals surface area (Å²) < 4.78 is 0.613. The fourth-order valence-corrected chi connectivity index (χ4v) is 1.12. The van der Waals surface area contributed by atoms with Gasteiger partial charge in [-0.3, -0.25) is 9.98 Å². The lowest BCUT2D eigenvalue weighted by molar-refractivity contribution is 1.41. The molecule has 0 atom stereocenters. The van der Waals surface area contributed by atoms with Gasteiger partial charge in [0.15, 0.2) is 5.17 Å². The van der Waals surface area contributed by atoms with E-state index in [0.29, 0.717) is 20.3 Å². The Kier molecular flexibility index (Phi) is 6.65. The molecule has 76 valence electrons. The molecule has 0 fully saturated rings. The Hall–Kier alpha value is -0.490. The third kappa shape index (κ3) is 4.15. The Balaban J connectivity index is 5.32. The van der Waals surface area contributed by atoms with Gasteiger partial charge in [0.2, 0.25) is 0 Å². The van der Waals surface area contributed by atoms with Crippen molar-refractivity contribution >= 4 is 51.8 Å².